The Morgan fingerprint density at radius 2 is 1.77 bits per heavy atom. The Bertz CT molecular complexity index is 823. The van der Waals surface area contributed by atoms with E-state index >= 15 is 0 Å². The molecule has 0 amide bonds. The van der Waals surface area contributed by atoms with E-state index in [1.54, 1.807) is 30.3 Å². The van der Waals surface area contributed by atoms with Crippen molar-refractivity contribution in [1.29, 1.82) is 5.26 Å². The van der Waals surface area contributed by atoms with Gasteiger partial charge in [-0.15, -0.1) is 0 Å². The number of carbonyl (C=O) groups is 1. The molecule has 26 heavy (non-hydrogen) atoms. The smallest absolute Gasteiger partial charge is 0.346 e. The molecule has 0 fully saturated rings. The lowest BCUT2D eigenvalue weighted by atomic mass is 10.1. The fourth-order valence-corrected chi connectivity index (χ4v) is 2.16. The lowest BCUT2D eigenvalue weighted by Gasteiger charge is -2.12. The first-order valence-corrected chi connectivity index (χ1v) is 8.06. The van der Waals surface area contributed by atoms with Crippen molar-refractivity contribution in [2.75, 3.05) is 19.8 Å². The molecule has 1 N–H and O–H groups in total. The predicted molar refractivity (Wildman–Crippen MR) is 96.3 cm³/mol. The van der Waals surface area contributed by atoms with Crippen LogP contribution in [0.4, 0.5) is 0 Å². The van der Waals surface area contributed by atoms with Crippen LogP contribution in [0.15, 0.2) is 54.1 Å². The molecule has 0 saturated heterocycles. The Balaban J connectivity index is 1.92. The molecule has 0 unspecified atom stereocenters. The third-order valence-electron chi connectivity index (χ3n) is 3.28. The highest BCUT2D eigenvalue weighted by atomic mass is 16.5. The van der Waals surface area contributed by atoms with E-state index in [4.69, 9.17) is 24.6 Å². The van der Waals surface area contributed by atoms with E-state index < -0.39 is 5.97 Å². The minimum absolute atomic E-state index is 0.303. The molecule has 134 valence electrons. The van der Waals surface area contributed by atoms with Gasteiger partial charge in [-0.3, -0.25) is 0 Å². The van der Waals surface area contributed by atoms with Gasteiger partial charge in [0, 0.05) is 0 Å². The lowest BCUT2D eigenvalue weighted by molar-refractivity contribution is -0.132. The van der Waals surface area contributed by atoms with Crippen LogP contribution < -0.4 is 14.2 Å². The average Bonchev–Trinajstić information content (AvgIpc) is 2.65. The van der Waals surface area contributed by atoms with Crippen molar-refractivity contribution < 1.29 is 24.1 Å². The third kappa shape index (κ3) is 5.56. The summed E-state index contributed by atoms with van der Waals surface area (Å²) in [7, 11) is 0. The van der Waals surface area contributed by atoms with E-state index in [2.05, 4.69) is 0 Å². The SMILES string of the molecule is CCOc1ccccc1OCCOc1cccc(C=C(C#N)C(=O)O)c1. The molecule has 2 aromatic rings. The van der Waals surface area contributed by atoms with E-state index in [-0.39, 0.29) is 5.57 Å². The Morgan fingerprint density at radius 3 is 2.42 bits per heavy atom. The number of rotatable bonds is 9. The molecule has 6 nitrogen and oxygen atoms in total. The molecule has 0 aliphatic carbocycles. The van der Waals surface area contributed by atoms with Crippen LogP contribution in [0.1, 0.15) is 12.5 Å². The number of hydrogen-bond acceptors (Lipinski definition) is 5. The molecule has 0 aliphatic heterocycles. The Kier molecular flexibility index (Phi) is 7.07. The van der Waals surface area contributed by atoms with Crippen molar-refractivity contribution in [3.63, 3.8) is 0 Å². The fourth-order valence-electron chi connectivity index (χ4n) is 2.16. The zero-order valence-electron chi connectivity index (χ0n) is 14.3. The number of hydrogen-bond donors (Lipinski definition) is 1. The number of benzene rings is 2. The first-order valence-electron chi connectivity index (χ1n) is 8.06. The van der Waals surface area contributed by atoms with Crippen LogP contribution in [0.25, 0.3) is 6.08 Å². The summed E-state index contributed by atoms with van der Waals surface area (Å²) in [6, 6.07) is 15.9. The summed E-state index contributed by atoms with van der Waals surface area (Å²) >= 11 is 0. The summed E-state index contributed by atoms with van der Waals surface area (Å²) in [4.78, 5) is 10.9. The monoisotopic (exact) mass is 353 g/mol. The van der Waals surface area contributed by atoms with Crippen LogP contribution >= 0.6 is 0 Å². The number of carboxylic acid groups (broad SMARTS) is 1. The summed E-state index contributed by atoms with van der Waals surface area (Å²) in [5, 5.41) is 17.7. The Labute approximate surface area is 151 Å². The normalized spacial score (nSPS) is 10.7. The van der Waals surface area contributed by atoms with E-state index in [1.165, 1.54) is 6.08 Å². The molecule has 2 rings (SSSR count). The van der Waals surface area contributed by atoms with Crippen LogP contribution in [0.3, 0.4) is 0 Å². The number of nitriles is 1. The highest BCUT2D eigenvalue weighted by molar-refractivity contribution is 5.96. The van der Waals surface area contributed by atoms with Crippen LogP contribution in [0.2, 0.25) is 0 Å². The Hall–Kier alpha value is -3.46. The molecule has 0 saturated carbocycles. The number of carboxylic acids is 1. The van der Waals surface area contributed by atoms with Gasteiger partial charge in [-0.25, -0.2) is 4.79 Å². The van der Waals surface area contributed by atoms with Gasteiger partial charge in [0.2, 0.25) is 0 Å². The van der Waals surface area contributed by atoms with Gasteiger partial charge in [0.1, 0.15) is 30.6 Å². The van der Waals surface area contributed by atoms with Crippen molar-refractivity contribution in [1.82, 2.24) is 0 Å². The summed E-state index contributed by atoms with van der Waals surface area (Å²) in [5.41, 5.74) is 0.238. The van der Waals surface area contributed by atoms with Gasteiger partial charge in [-0.2, -0.15) is 5.26 Å². The molecule has 0 aliphatic rings. The van der Waals surface area contributed by atoms with Gasteiger partial charge in [0.15, 0.2) is 11.5 Å². The maximum absolute atomic E-state index is 10.9. The summed E-state index contributed by atoms with van der Waals surface area (Å²) < 4.78 is 16.8. The fraction of sp³-hybridized carbons (Fsp3) is 0.200. The number of aliphatic carboxylic acids is 1. The van der Waals surface area contributed by atoms with Crippen molar-refractivity contribution in [2.45, 2.75) is 6.92 Å². The van der Waals surface area contributed by atoms with Gasteiger partial charge >= 0.3 is 5.97 Å². The maximum Gasteiger partial charge on any atom is 0.346 e. The van der Waals surface area contributed by atoms with Gasteiger partial charge in [0.05, 0.1) is 6.61 Å². The molecule has 0 atom stereocenters. The quantitative estimate of drug-likeness (QED) is 0.421. The van der Waals surface area contributed by atoms with E-state index in [0.717, 1.165) is 0 Å². The summed E-state index contributed by atoms with van der Waals surface area (Å²) in [5.74, 6) is 0.623. The second kappa shape index (κ2) is 9.74. The van der Waals surface area contributed by atoms with Crippen LogP contribution in [-0.2, 0) is 4.79 Å². The van der Waals surface area contributed by atoms with Crippen molar-refractivity contribution in [3.05, 3.63) is 59.7 Å². The largest absolute Gasteiger partial charge is 0.490 e. The number of ether oxygens (including phenoxy) is 3. The van der Waals surface area contributed by atoms with Gasteiger partial charge in [-0.05, 0) is 42.8 Å². The number of nitrogens with zero attached hydrogens (tertiary/aromatic N) is 1. The topological polar surface area (TPSA) is 88.8 Å². The van der Waals surface area contributed by atoms with Crippen LogP contribution in [0, 0.1) is 11.3 Å². The highest BCUT2D eigenvalue weighted by Gasteiger charge is 2.06. The molecule has 0 bridgehead atoms. The minimum Gasteiger partial charge on any atom is -0.490 e. The standard InChI is InChI=1S/C20H19NO5/c1-2-24-18-8-3-4-9-19(18)26-11-10-25-17-7-5-6-15(13-17)12-16(14-21)20(22)23/h3-9,12-13H,2,10-11H2,1H3,(H,22,23). The molecule has 0 aromatic heterocycles. The first-order chi connectivity index (χ1) is 12.6. The minimum atomic E-state index is -1.26. The van der Waals surface area contributed by atoms with Crippen LogP contribution in [0.5, 0.6) is 17.2 Å². The average molecular weight is 353 g/mol. The first kappa shape index (κ1) is 18.9. The zero-order valence-corrected chi connectivity index (χ0v) is 14.3. The molecule has 2 aromatic carbocycles. The van der Waals surface area contributed by atoms with Gasteiger partial charge in [-0.1, -0.05) is 24.3 Å². The van der Waals surface area contributed by atoms with Crippen molar-refractivity contribution >= 4 is 12.0 Å². The second-order valence-electron chi connectivity index (χ2n) is 5.12. The highest BCUT2D eigenvalue weighted by Crippen LogP contribution is 2.26. The third-order valence-corrected chi connectivity index (χ3v) is 3.28. The predicted octanol–water partition coefficient (Wildman–Crippen LogP) is 3.53. The van der Waals surface area contributed by atoms with Gasteiger partial charge in [0.25, 0.3) is 0 Å². The second-order valence-corrected chi connectivity index (χ2v) is 5.12. The molecule has 0 heterocycles. The maximum atomic E-state index is 10.9. The van der Waals surface area contributed by atoms with Crippen molar-refractivity contribution in [3.8, 4) is 23.3 Å². The van der Waals surface area contributed by atoms with E-state index in [9.17, 15) is 4.79 Å². The van der Waals surface area contributed by atoms with E-state index in [1.807, 2.05) is 31.2 Å². The molecule has 6 heteroatoms. The lowest BCUT2D eigenvalue weighted by Crippen LogP contribution is -2.09. The zero-order chi connectivity index (χ0) is 18.8. The summed E-state index contributed by atoms with van der Waals surface area (Å²) in [6.45, 7) is 3.09. The van der Waals surface area contributed by atoms with E-state index in [0.29, 0.717) is 42.6 Å². The van der Waals surface area contributed by atoms with Crippen LogP contribution in [-0.4, -0.2) is 30.9 Å². The summed E-state index contributed by atoms with van der Waals surface area (Å²) in [6.07, 6.45) is 1.30. The molecule has 0 spiro atoms. The van der Waals surface area contributed by atoms with Gasteiger partial charge < -0.3 is 19.3 Å². The Morgan fingerprint density at radius 1 is 1.08 bits per heavy atom. The molecular weight excluding hydrogens is 334 g/mol. The molecular formula is C20H19NO5. The molecule has 0 radical (unpaired) electrons. The van der Waals surface area contributed by atoms with Crippen molar-refractivity contribution in [2.24, 2.45) is 0 Å². The number of para-hydroxylation sites is 2.